The van der Waals surface area contributed by atoms with Crippen LogP contribution < -0.4 is 5.32 Å². The number of hydrogen-bond acceptors (Lipinski definition) is 4. The first kappa shape index (κ1) is 15.7. The van der Waals surface area contributed by atoms with Crippen molar-refractivity contribution in [3.8, 4) is 0 Å². The van der Waals surface area contributed by atoms with Crippen LogP contribution in [0.5, 0.6) is 0 Å². The molecule has 7 heteroatoms. The Bertz CT molecular complexity index is 640. The molecule has 1 heterocycles. The van der Waals surface area contributed by atoms with Crippen LogP contribution in [0.4, 0.5) is 5.69 Å². The van der Waals surface area contributed by atoms with Crippen molar-refractivity contribution >= 4 is 21.6 Å². The summed E-state index contributed by atoms with van der Waals surface area (Å²) in [7, 11) is 0. The molecule has 0 fully saturated rings. The largest absolute Gasteiger partial charge is 0.333 e. The summed E-state index contributed by atoms with van der Waals surface area (Å²) in [6.45, 7) is 5.52. The van der Waals surface area contributed by atoms with Gasteiger partial charge in [-0.05, 0) is 11.6 Å². The lowest BCUT2D eigenvalue weighted by Crippen LogP contribution is -2.21. The third kappa shape index (κ3) is 4.37. The van der Waals surface area contributed by atoms with Gasteiger partial charge in [0.05, 0.1) is 16.9 Å². The van der Waals surface area contributed by atoms with Gasteiger partial charge in [0.25, 0.3) is 5.69 Å². The molecule has 1 aromatic heterocycles. The predicted octanol–water partition coefficient (Wildman–Crippen LogP) is 3.10. The highest BCUT2D eigenvalue weighted by molar-refractivity contribution is 9.10. The van der Waals surface area contributed by atoms with Crippen LogP contribution in [0.1, 0.15) is 25.1 Å². The standard InChI is InChI=1S/C14H17BrN4O2/c1-10(2)16-6-12-8-18(9-17-12)7-11-3-4-13(19(20)21)5-14(11)15/h3-5,8-10,16H,6-7H2,1-2H3. The van der Waals surface area contributed by atoms with E-state index in [1.54, 1.807) is 12.4 Å². The monoisotopic (exact) mass is 352 g/mol. The molecule has 0 atom stereocenters. The summed E-state index contributed by atoms with van der Waals surface area (Å²) in [6, 6.07) is 5.21. The number of nitro benzene ring substituents is 1. The molecule has 0 bridgehead atoms. The van der Waals surface area contributed by atoms with Crippen LogP contribution in [0.3, 0.4) is 0 Å². The molecule has 112 valence electrons. The number of aromatic nitrogens is 2. The Labute approximate surface area is 131 Å². The van der Waals surface area contributed by atoms with E-state index >= 15 is 0 Å². The summed E-state index contributed by atoms with van der Waals surface area (Å²) in [5.74, 6) is 0. The molecule has 0 radical (unpaired) electrons. The molecular weight excluding hydrogens is 336 g/mol. The van der Waals surface area contributed by atoms with Gasteiger partial charge in [0.1, 0.15) is 0 Å². The predicted molar refractivity (Wildman–Crippen MR) is 84.1 cm³/mol. The van der Waals surface area contributed by atoms with E-state index in [4.69, 9.17) is 0 Å². The molecule has 0 spiro atoms. The molecule has 1 N–H and O–H groups in total. The number of benzene rings is 1. The smallest absolute Gasteiger partial charge is 0.270 e. The summed E-state index contributed by atoms with van der Waals surface area (Å²) in [5, 5.41) is 14.0. The molecule has 0 unspecified atom stereocenters. The fourth-order valence-corrected chi connectivity index (χ4v) is 2.36. The van der Waals surface area contributed by atoms with Crippen LogP contribution >= 0.6 is 15.9 Å². The van der Waals surface area contributed by atoms with E-state index in [0.717, 1.165) is 22.3 Å². The molecule has 0 aliphatic carbocycles. The maximum Gasteiger partial charge on any atom is 0.270 e. The summed E-state index contributed by atoms with van der Waals surface area (Å²) in [5.41, 5.74) is 2.03. The first-order valence-electron chi connectivity index (χ1n) is 6.62. The third-order valence-electron chi connectivity index (χ3n) is 2.98. The number of non-ortho nitro benzene ring substituents is 1. The van der Waals surface area contributed by atoms with Gasteiger partial charge in [-0.25, -0.2) is 4.98 Å². The Morgan fingerprint density at radius 3 is 2.86 bits per heavy atom. The van der Waals surface area contributed by atoms with Gasteiger partial charge in [0.15, 0.2) is 0 Å². The number of halogens is 1. The van der Waals surface area contributed by atoms with E-state index in [2.05, 4.69) is 40.1 Å². The number of hydrogen-bond donors (Lipinski definition) is 1. The van der Waals surface area contributed by atoms with Gasteiger partial charge in [0, 0.05) is 41.9 Å². The Balaban J connectivity index is 2.06. The first-order valence-corrected chi connectivity index (χ1v) is 7.42. The number of nitro groups is 1. The Morgan fingerprint density at radius 2 is 2.24 bits per heavy atom. The average molecular weight is 353 g/mol. The van der Waals surface area contributed by atoms with E-state index < -0.39 is 4.92 Å². The minimum atomic E-state index is -0.401. The van der Waals surface area contributed by atoms with Crippen LogP contribution in [0.25, 0.3) is 0 Å². The lowest BCUT2D eigenvalue weighted by molar-refractivity contribution is -0.384. The second-order valence-corrected chi connectivity index (χ2v) is 5.96. The first-order chi connectivity index (χ1) is 9.95. The fourth-order valence-electron chi connectivity index (χ4n) is 1.87. The summed E-state index contributed by atoms with van der Waals surface area (Å²) in [6.07, 6.45) is 3.74. The van der Waals surface area contributed by atoms with Crippen LogP contribution in [0.15, 0.2) is 35.2 Å². The zero-order chi connectivity index (χ0) is 15.4. The van der Waals surface area contributed by atoms with E-state index in [1.165, 1.54) is 12.1 Å². The van der Waals surface area contributed by atoms with Crippen molar-refractivity contribution in [1.82, 2.24) is 14.9 Å². The van der Waals surface area contributed by atoms with Crippen LogP contribution in [-0.2, 0) is 13.1 Å². The molecule has 2 rings (SSSR count). The molecule has 0 saturated heterocycles. The van der Waals surface area contributed by atoms with E-state index in [9.17, 15) is 10.1 Å². The Hall–Kier alpha value is -1.73. The summed E-state index contributed by atoms with van der Waals surface area (Å²) in [4.78, 5) is 14.7. The van der Waals surface area contributed by atoms with Gasteiger partial charge in [0.2, 0.25) is 0 Å². The van der Waals surface area contributed by atoms with Crippen LogP contribution in [-0.4, -0.2) is 20.5 Å². The molecule has 0 aliphatic rings. The molecule has 6 nitrogen and oxygen atoms in total. The van der Waals surface area contributed by atoms with Crippen molar-refractivity contribution in [2.24, 2.45) is 0 Å². The number of nitrogens with one attached hydrogen (secondary N) is 1. The zero-order valence-corrected chi connectivity index (χ0v) is 13.5. The third-order valence-corrected chi connectivity index (χ3v) is 3.72. The highest BCUT2D eigenvalue weighted by atomic mass is 79.9. The maximum atomic E-state index is 10.7. The van der Waals surface area contributed by atoms with Crippen molar-refractivity contribution in [2.45, 2.75) is 33.0 Å². The fraction of sp³-hybridized carbons (Fsp3) is 0.357. The van der Waals surface area contributed by atoms with Gasteiger partial charge in [-0.15, -0.1) is 0 Å². The lowest BCUT2D eigenvalue weighted by Gasteiger charge is -2.06. The van der Waals surface area contributed by atoms with Gasteiger partial charge in [-0.2, -0.15) is 0 Å². The van der Waals surface area contributed by atoms with Gasteiger partial charge < -0.3 is 9.88 Å². The Kier molecular flexibility index (Phi) is 5.08. The molecule has 1 aromatic carbocycles. The Morgan fingerprint density at radius 1 is 1.48 bits per heavy atom. The zero-order valence-electron chi connectivity index (χ0n) is 11.9. The molecule has 0 amide bonds. The second-order valence-electron chi connectivity index (χ2n) is 5.11. The quantitative estimate of drug-likeness (QED) is 0.640. The number of rotatable bonds is 6. The summed E-state index contributed by atoms with van der Waals surface area (Å²) < 4.78 is 2.69. The van der Waals surface area contributed by atoms with Gasteiger partial charge in [-0.1, -0.05) is 29.8 Å². The van der Waals surface area contributed by atoms with Crippen molar-refractivity contribution in [2.75, 3.05) is 0 Å². The van der Waals surface area contributed by atoms with E-state index in [0.29, 0.717) is 12.6 Å². The van der Waals surface area contributed by atoms with Crippen molar-refractivity contribution in [3.05, 3.63) is 56.6 Å². The van der Waals surface area contributed by atoms with Crippen molar-refractivity contribution < 1.29 is 4.92 Å². The number of nitrogens with zero attached hydrogens (tertiary/aromatic N) is 3. The van der Waals surface area contributed by atoms with Gasteiger partial charge in [-0.3, -0.25) is 10.1 Å². The van der Waals surface area contributed by atoms with Crippen molar-refractivity contribution in [3.63, 3.8) is 0 Å². The second kappa shape index (κ2) is 6.82. The lowest BCUT2D eigenvalue weighted by atomic mass is 10.2. The van der Waals surface area contributed by atoms with E-state index in [1.807, 2.05) is 10.8 Å². The SMILES string of the molecule is CC(C)NCc1cn(Cc2ccc([N+](=O)[O-])cc2Br)cn1. The average Bonchev–Trinajstić information content (AvgIpc) is 2.86. The highest BCUT2D eigenvalue weighted by Crippen LogP contribution is 2.23. The molecular formula is C14H17BrN4O2. The highest BCUT2D eigenvalue weighted by Gasteiger charge is 2.09. The minimum Gasteiger partial charge on any atom is -0.333 e. The topological polar surface area (TPSA) is 73.0 Å². The van der Waals surface area contributed by atoms with E-state index in [-0.39, 0.29) is 5.69 Å². The van der Waals surface area contributed by atoms with Crippen LogP contribution in [0, 0.1) is 10.1 Å². The molecule has 2 aromatic rings. The maximum absolute atomic E-state index is 10.7. The van der Waals surface area contributed by atoms with Crippen LogP contribution in [0.2, 0.25) is 0 Å². The van der Waals surface area contributed by atoms with Gasteiger partial charge >= 0.3 is 0 Å². The molecule has 21 heavy (non-hydrogen) atoms. The van der Waals surface area contributed by atoms with Crippen molar-refractivity contribution in [1.29, 1.82) is 0 Å². The molecule has 0 aliphatic heterocycles. The normalized spacial score (nSPS) is 11.0. The number of imidazole rings is 1. The summed E-state index contributed by atoms with van der Waals surface area (Å²) >= 11 is 3.38. The molecule has 0 saturated carbocycles. The minimum absolute atomic E-state index is 0.0816.